The highest BCUT2D eigenvalue weighted by Crippen LogP contribution is 2.31. The molecular weight excluding hydrogens is 320 g/mol. The molecule has 0 radical (unpaired) electrons. The third-order valence-corrected chi connectivity index (χ3v) is 4.28. The van der Waals surface area contributed by atoms with Crippen molar-refractivity contribution in [2.45, 2.75) is 18.0 Å². The van der Waals surface area contributed by atoms with Gasteiger partial charge in [-0.2, -0.15) is 5.10 Å². The summed E-state index contributed by atoms with van der Waals surface area (Å²) in [6.07, 6.45) is 1.27. The molecule has 0 aliphatic rings. The van der Waals surface area contributed by atoms with Crippen LogP contribution < -0.4 is 9.46 Å². The number of ether oxygens (including phenoxy) is 1. The predicted octanol–water partition coefficient (Wildman–Crippen LogP) is 0.437. The van der Waals surface area contributed by atoms with Gasteiger partial charge in [0.15, 0.2) is 0 Å². The van der Waals surface area contributed by atoms with E-state index in [1.165, 1.54) is 25.6 Å². The van der Waals surface area contributed by atoms with E-state index in [2.05, 4.69) is 19.9 Å². The monoisotopic (exact) mass is 332 g/mol. The molecule has 1 heterocycles. The molecule has 114 valence electrons. The summed E-state index contributed by atoms with van der Waals surface area (Å²) < 4.78 is 32.1. The first-order chi connectivity index (χ1) is 9.97. The smallest absolute Gasteiger partial charge is 0.244 e. The van der Waals surface area contributed by atoms with Crippen LogP contribution in [0.25, 0.3) is 0 Å². The van der Waals surface area contributed by atoms with E-state index in [1.54, 1.807) is 0 Å². The number of aliphatic hydroxyl groups is 1. The number of hydrogen-bond acceptors (Lipinski definition) is 6. The van der Waals surface area contributed by atoms with Crippen LogP contribution in [0.1, 0.15) is 11.4 Å². The van der Waals surface area contributed by atoms with Crippen molar-refractivity contribution < 1.29 is 18.3 Å². The van der Waals surface area contributed by atoms with Gasteiger partial charge in [0, 0.05) is 10.6 Å². The number of sulfonamides is 1. The second-order valence-corrected chi connectivity index (χ2v) is 6.18. The third kappa shape index (κ3) is 3.50. The first-order valence-corrected chi connectivity index (χ1v) is 7.65. The van der Waals surface area contributed by atoms with Gasteiger partial charge in [-0.15, -0.1) is 0 Å². The molecule has 3 N–H and O–H groups in total. The van der Waals surface area contributed by atoms with E-state index < -0.39 is 16.6 Å². The summed E-state index contributed by atoms with van der Waals surface area (Å²) >= 11 is 5.88. The lowest BCUT2D eigenvalue weighted by Gasteiger charge is -2.13. The minimum absolute atomic E-state index is 0.0481. The van der Waals surface area contributed by atoms with Crippen molar-refractivity contribution in [1.29, 1.82) is 0 Å². The van der Waals surface area contributed by atoms with Crippen molar-refractivity contribution in [3.05, 3.63) is 34.9 Å². The molecule has 0 aliphatic heterocycles. The molecule has 0 bridgehead atoms. The Kier molecular flexibility index (Phi) is 4.78. The van der Waals surface area contributed by atoms with E-state index in [9.17, 15) is 13.5 Å². The van der Waals surface area contributed by atoms with Crippen LogP contribution in [0.4, 0.5) is 0 Å². The summed E-state index contributed by atoms with van der Waals surface area (Å²) in [5, 5.41) is 15.6. The fourth-order valence-electron chi connectivity index (χ4n) is 1.73. The van der Waals surface area contributed by atoms with E-state index in [4.69, 9.17) is 16.3 Å². The second-order valence-electron chi connectivity index (χ2n) is 4.01. The van der Waals surface area contributed by atoms with E-state index in [1.807, 2.05) is 0 Å². The SMILES string of the molecule is COc1c(CO)cc(Cl)cc1S(=O)(=O)NCc1ncn[nH]1. The number of aliphatic hydroxyl groups excluding tert-OH is 1. The quantitative estimate of drug-likeness (QED) is 0.706. The van der Waals surface area contributed by atoms with Crippen molar-refractivity contribution in [2.75, 3.05) is 7.11 Å². The summed E-state index contributed by atoms with van der Waals surface area (Å²) in [5.74, 6) is 0.411. The van der Waals surface area contributed by atoms with Gasteiger partial charge in [-0.3, -0.25) is 5.10 Å². The highest BCUT2D eigenvalue weighted by Gasteiger charge is 2.23. The summed E-state index contributed by atoms with van der Waals surface area (Å²) in [6, 6.07) is 2.69. The molecule has 2 aromatic rings. The zero-order valence-corrected chi connectivity index (χ0v) is 12.6. The maximum atomic E-state index is 12.3. The van der Waals surface area contributed by atoms with Gasteiger partial charge < -0.3 is 9.84 Å². The number of H-pyrrole nitrogens is 1. The molecule has 21 heavy (non-hydrogen) atoms. The van der Waals surface area contributed by atoms with Crippen LogP contribution in [0.2, 0.25) is 5.02 Å². The van der Waals surface area contributed by atoms with Gasteiger partial charge >= 0.3 is 0 Å². The molecule has 0 fully saturated rings. The zero-order valence-electron chi connectivity index (χ0n) is 11.0. The lowest BCUT2D eigenvalue weighted by Crippen LogP contribution is -2.24. The van der Waals surface area contributed by atoms with Gasteiger partial charge in [-0.1, -0.05) is 11.6 Å². The topological polar surface area (TPSA) is 117 Å². The Labute approximate surface area is 126 Å². The van der Waals surface area contributed by atoms with Crippen LogP contribution in [0.3, 0.4) is 0 Å². The molecular formula is C11H13ClN4O4S. The average Bonchev–Trinajstić information content (AvgIpc) is 2.97. The summed E-state index contributed by atoms with van der Waals surface area (Å²) in [6.45, 7) is -0.458. The molecule has 1 aromatic heterocycles. The fraction of sp³-hybridized carbons (Fsp3) is 0.273. The van der Waals surface area contributed by atoms with Crippen LogP contribution >= 0.6 is 11.6 Å². The van der Waals surface area contributed by atoms with Gasteiger partial charge in [-0.05, 0) is 12.1 Å². The van der Waals surface area contributed by atoms with Crippen molar-refractivity contribution in [3.8, 4) is 5.75 Å². The Morgan fingerprint density at radius 1 is 1.48 bits per heavy atom. The lowest BCUT2D eigenvalue weighted by molar-refractivity contribution is 0.272. The molecule has 0 saturated carbocycles. The Balaban J connectivity index is 2.36. The second kappa shape index (κ2) is 6.39. The van der Waals surface area contributed by atoms with Crippen molar-refractivity contribution in [3.63, 3.8) is 0 Å². The van der Waals surface area contributed by atoms with Crippen molar-refractivity contribution >= 4 is 21.6 Å². The van der Waals surface area contributed by atoms with Crippen molar-refractivity contribution in [2.24, 2.45) is 0 Å². The third-order valence-electron chi connectivity index (χ3n) is 2.66. The number of aromatic nitrogens is 3. The first kappa shape index (κ1) is 15.7. The Bertz CT molecular complexity index is 718. The number of halogens is 1. The molecule has 1 aromatic carbocycles. The number of nitrogens with zero attached hydrogens (tertiary/aromatic N) is 2. The highest BCUT2D eigenvalue weighted by molar-refractivity contribution is 7.89. The molecule has 0 unspecified atom stereocenters. The number of hydrogen-bond donors (Lipinski definition) is 3. The number of nitrogens with one attached hydrogen (secondary N) is 2. The molecule has 0 saturated heterocycles. The molecule has 0 amide bonds. The minimum atomic E-state index is -3.89. The molecule has 2 rings (SSSR count). The Hall–Kier alpha value is -1.68. The van der Waals surface area contributed by atoms with E-state index >= 15 is 0 Å². The van der Waals surface area contributed by atoms with Crippen LogP contribution in [-0.4, -0.2) is 35.8 Å². The van der Waals surface area contributed by atoms with Gasteiger partial charge in [-0.25, -0.2) is 18.1 Å². The molecule has 8 nitrogen and oxygen atoms in total. The van der Waals surface area contributed by atoms with Crippen LogP contribution in [0.15, 0.2) is 23.4 Å². The zero-order chi connectivity index (χ0) is 15.5. The van der Waals surface area contributed by atoms with Gasteiger partial charge in [0.05, 0.1) is 20.3 Å². The highest BCUT2D eigenvalue weighted by atomic mass is 35.5. The maximum Gasteiger partial charge on any atom is 0.244 e. The van der Waals surface area contributed by atoms with Gasteiger partial charge in [0.1, 0.15) is 22.8 Å². The predicted molar refractivity (Wildman–Crippen MR) is 74.3 cm³/mol. The van der Waals surface area contributed by atoms with Crippen molar-refractivity contribution in [1.82, 2.24) is 19.9 Å². The standard InChI is InChI=1S/C11H13ClN4O4S/c1-20-11-7(5-17)2-8(12)3-9(11)21(18,19)15-4-10-13-6-14-16-10/h2-3,6,15,17H,4-5H2,1H3,(H,13,14,16). The fourth-order valence-corrected chi connectivity index (χ4v) is 3.26. The summed E-state index contributed by atoms with van der Waals surface area (Å²) in [5.41, 5.74) is 0.282. The average molecular weight is 333 g/mol. The normalized spacial score (nSPS) is 11.6. The molecule has 10 heteroatoms. The number of rotatable bonds is 6. The maximum absolute atomic E-state index is 12.3. The van der Waals surface area contributed by atoms with Gasteiger partial charge in [0.25, 0.3) is 0 Å². The first-order valence-electron chi connectivity index (χ1n) is 5.79. The Morgan fingerprint density at radius 2 is 2.24 bits per heavy atom. The van der Waals surface area contributed by atoms with Crippen LogP contribution in [0.5, 0.6) is 5.75 Å². The minimum Gasteiger partial charge on any atom is -0.495 e. The van der Waals surface area contributed by atoms with E-state index in [-0.39, 0.29) is 27.8 Å². The van der Waals surface area contributed by atoms with E-state index in [0.717, 1.165) is 0 Å². The number of benzene rings is 1. The Morgan fingerprint density at radius 3 is 2.81 bits per heavy atom. The number of methoxy groups -OCH3 is 1. The van der Waals surface area contributed by atoms with Gasteiger partial charge in [0.2, 0.25) is 10.0 Å². The molecule has 0 atom stereocenters. The molecule has 0 aliphatic carbocycles. The summed E-state index contributed by atoms with van der Waals surface area (Å²) in [7, 11) is -2.58. The van der Waals surface area contributed by atoms with Crippen LogP contribution in [0, 0.1) is 0 Å². The largest absolute Gasteiger partial charge is 0.495 e. The lowest BCUT2D eigenvalue weighted by atomic mass is 10.2. The summed E-state index contributed by atoms with van der Waals surface area (Å²) in [4.78, 5) is 3.66. The van der Waals surface area contributed by atoms with Crippen LogP contribution in [-0.2, 0) is 23.2 Å². The van der Waals surface area contributed by atoms with E-state index in [0.29, 0.717) is 5.82 Å². The number of aromatic amines is 1. The molecule has 0 spiro atoms.